The van der Waals surface area contributed by atoms with Gasteiger partial charge < -0.3 is 10.2 Å². The lowest BCUT2D eigenvalue weighted by molar-refractivity contribution is -0.139. The molecule has 0 saturated heterocycles. The minimum Gasteiger partial charge on any atom is -0.350 e. The summed E-state index contributed by atoms with van der Waals surface area (Å²) < 4.78 is 0. The van der Waals surface area contributed by atoms with Gasteiger partial charge in [-0.25, -0.2) is 0 Å². The molecular weight excluding hydrogens is 290 g/mol. The quantitative estimate of drug-likeness (QED) is 0.889. The SMILES string of the molecule is CC(=O)N(Cc1ccccc1)[C@H](C)C(=O)NCc1cccnc1. The lowest BCUT2D eigenvalue weighted by Gasteiger charge is -2.27. The fourth-order valence-corrected chi connectivity index (χ4v) is 2.28. The maximum Gasteiger partial charge on any atom is 0.242 e. The Balaban J connectivity index is 1.98. The van der Waals surface area contributed by atoms with E-state index in [4.69, 9.17) is 0 Å². The number of hydrogen-bond acceptors (Lipinski definition) is 3. The van der Waals surface area contributed by atoms with Gasteiger partial charge in [-0.1, -0.05) is 36.4 Å². The molecule has 0 fully saturated rings. The van der Waals surface area contributed by atoms with Crippen LogP contribution in [-0.2, 0) is 22.7 Å². The first-order valence-electron chi connectivity index (χ1n) is 7.55. The van der Waals surface area contributed by atoms with Gasteiger partial charge in [0, 0.05) is 32.4 Å². The molecule has 0 saturated carbocycles. The standard InChI is InChI=1S/C18H21N3O2/c1-14(18(23)20-12-17-9-6-10-19-11-17)21(15(2)22)13-16-7-4-3-5-8-16/h3-11,14H,12-13H2,1-2H3,(H,20,23)/t14-/m1/s1. The molecule has 0 unspecified atom stereocenters. The molecule has 5 nitrogen and oxygen atoms in total. The van der Waals surface area contributed by atoms with Crippen LogP contribution in [0.4, 0.5) is 0 Å². The molecule has 1 N–H and O–H groups in total. The van der Waals surface area contributed by atoms with Gasteiger partial charge >= 0.3 is 0 Å². The Morgan fingerprint density at radius 2 is 1.83 bits per heavy atom. The van der Waals surface area contributed by atoms with E-state index in [0.717, 1.165) is 11.1 Å². The van der Waals surface area contributed by atoms with Crippen molar-refractivity contribution in [3.05, 3.63) is 66.0 Å². The molecule has 2 aromatic rings. The van der Waals surface area contributed by atoms with Gasteiger partial charge in [-0.05, 0) is 24.1 Å². The lowest BCUT2D eigenvalue weighted by Crippen LogP contribution is -2.46. The summed E-state index contributed by atoms with van der Waals surface area (Å²) in [6, 6.07) is 12.8. The van der Waals surface area contributed by atoms with Crippen molar-refractivity contribution in [2.24, 2.45) is 0 Å². The summed E-state index contributed by atoms with van der Waals surface area (Å²) in [5.74, 6) is -0.308. The highest BCUT2D eigenvalue weighted by Crippen LogP contribution is 2.09. The average molecular weight is 311 g/mol. The van der Waals surface area contributed by atoms with Crippen LogP contribution >= 0.6 is 0 Å². The van der Waals surface area contributed by atoms with Crippen molar-refractivity contribution in [1.82, 2.24) is 15.2 Å². The van der Waals surface area contributed by atoms with E-state index in [9.17, 15) is 9.59 Å². The number of pyridine rings is 1. The molecule has 1 aromatic heterocycles. The molecule has 1 atom stereocenters. The third kappa shape index (κ3) is 4.92. The molecule has 0 spiro atoms. The van der Waals surface area contributed by atoms with E-state index in [1.807, 2.05) is 42.5 Å². The molecule has 1 aromatic carbocycles. The van der Waals surface area contributed by atoms with E-state index < -0.39 is 6.04 Å². The van der Waals surface area contributed by atoms with Crippen molar-refractivity contribution in [3.63, 3.8) is 0 Å². The topological polar surface area (TPSA) is 62.3 Å². The second-order valence-corrected chi connectivity index (χ2v) is 5.39. The van der Waals surface area contributed by atoms with Gasteiger partial charge in [-0.15, -0.1) is 0 Å². The maximum absolute atomic E-state index is 12.3. The molecule has 120 valence electrons. The Kier molecular flexibility index (Phi) is 5.86. The number of benzene rings is 1. The predicted molar refractivity (Wildman–Crippen MR) is 88.2 cm³/mol. The van der Waals surface area contributed by atoms with Crippen molar-refractivity contribution in [2.45, 2.75) is 33.0 Å². The summed E-state index contributed by atoms with van der Waals surface area (Å²) >= 11 is 0. The number of rotatable bonds is 6. The van der Waals surface area contributed by atoms with Crippen molar-refractivity contribution in [1.29, 1.82) is 0 Å². The first-order valence-corrected chi connectivity index (χ1v) is 7.55. The van der Waals surface area contributed by atoms with Crippen LogP contribution in [0.2, 0.25) is 0 Å². The molecule has 0 aliphatic rings. The fourth-order valence-electron chi connectivity index (χ4n) is 2.28. The van der Waals surface area contributed by atoms with Crippen LogP contribution in [0, 0.1) is 0 Å². The van der Waals surface area contributed by atoms with Crippen LogP contribution < -0.4 is 5.32 Å². The first-order chi connectivity index (χ1) is 11.1. The van der Waals surface area contributed by atoms with E-state index >= 15 is 0 Å². The monoisotopic (exact) mass is 311 g/mol. The van der Waals surface area contributed by atoms with Crippen LogP contribution in [-0.4, -0.2) is 27.7 Å². The minimum atomic E-state index is -0.538. The summed E-state index contributed by atoms with van der Waals surface area (Å²) in [6.07, 6.45) is 3.39. The van der Waals surface area contributed by atoms with Crippen LogP contribution in [0.3, 0.4) is 0 Å². The van der Waals surface area contributed by atoms with Crippen LogP contribution in [0.15, 0.2) is 54.9 Å². The number of hydrogen-bond donors (Lipinski definition) is 1. The predicted octanol–water partition coefficient (Wildman–Crippen LogP) is 2.13. The molecular formula is C18H21N3O2. The van der Waals surface area contributed by atoms with Gasteiger partial charge in [0.25, 0.3) is 0 Å². The number of nitrogens with one attached hydrogen (secondary N) is 1. The summed E-state index contributed by atoms with van der Waals surface area (Å²) in [4.78, 5) is 29.8. The van der Waals surface area contributed by atoms with Crippen molar-refractivity contribution < 1.29 is 9.59 Å². The molecule has 23 heavy (non-hydrogen) atoms. The van der Waals surface area contributed by atoms with Gasteiger partial charge in [0.05, 0.1) is 0 Å². The zero-order valence-corrected chi connectivity index (χ0v) is 13.4. The Labute approximate surface area is 136 Å². The summed E-state index contributed by atoms with van der Waals surface area (Å²) in [5.41, 5.74) is 1.92. The second-order valence-electron chi connectivity index (χ2n) is 5.39. The van der Waals surface area contributed by atoms with Gasteiger partial charge in [0.1, 0.15) is 6.04 Å². The normalized spacial score (nSPS) is 11.6. The number of amides is 2. The van der Waals surface area contributed by atoms with E-state index in [1.165, 1.54) is 6.92 Å². The summed E-state index contributed by atoms with van der Waals surface area (Å²) in [5, 5.41) is 2.85. The van der Waals surface area contributed by atoms with E-state index in [0.29, 0.717) is 13.1 Å². The molecule has 0 aliphatic carbocycles. The summed E-state index contributed by atoms with van der Waals surface area (Å²) in [7, 11) is 0. The number of nitrogens with zero attached hydrogens (tertiary/aromatic N) is 2. The molecule has 0 aliphatic heterocycles. The third-order valence-corrected chi connectivity index (χ3v) is 3.64. The molecule has 2 rings (SSSR count). The smallest absolute Gasteiger partial charge is 0.242 e. The Bertz CT molecular complexity index is 644. The van der Waals surface area contributed by atoms with Crippen molar-refractivity contribution in [2.75, 3.05) is 0 Å². The average Bonchev–Trinajstić information content (AvgIpc) is 2.58. The van der Waals surface area contributed by atoms with Crippen molar-refractivity contribution in [3.8, 4) is 0 Å². The van der Waals surface area contributed by atoms with Gasteiger partial charge in [-0.3, -0.25) is 14.6 Å². The van der Waals surface area contributed by atoms with Crippen molar-refractivity contribution >= 4 is 11.8 Å². The molecule has 0 bridgehead atoms. The molecule has 1 heterocycles. The summed E-state index contributed by atoms with van der Waals surface area (Å²) in [6.45, 7) is 4.03. The van der Waals surface area contributed by atoms with Gasteiger partial charge in [-0.2, -0.15) is 0 Å². The highest BCUT2D eigenvalue weighted by atomic mass is 16.2. The number of carbonyl (C=O) groups is 2. The molecule has 5 heteroatoms. The van der Waals surface area contributed by atoms with Gasteiger partial charge in [0.2, 0.25) is 11.8 Å². The zero-order valence-electron chi connectivity index (χ0n) is 13.4. The highest BCUT2D eigenvalue weighted by Gasteiger charge is 2.23. The third-order valence-electron chi connectivity index (χ3n) is 3.64. The zero-order chi connectivity index (χ0) is 16.7. The van der Waals surface area contributed by atoms with E-state index in [2.05, 4.69) is 10.3 Å². The Hall–Kier alpha value is -2.69. The molecule has 0 radical (unpaired) electrons. The van der Waals surface area contributed by atoms with E-state index in [-0.39, 0.29) is 11.8 Å². The minimum absolute atomic E-state index is 0.127. The van der Waals surface area contributed by atoms with Gasteiger partial charge in [0.15, 0.2) is 0 Å². The lowest BCUT2D eigenvalue weighted by atomic mass is 10.1. The second kappa shape index (κ2) is 8.08. The van der Waals surface area contributed by atoms with Crippen LogP contribution in [0.1, 0.15) is 25.0 Å². The van der Waals surface area contributed by atoms with Crippen LogP contribution in [0.5, 0.6) is 0 Å². The number of aromatic nitrogens is 1. The number of carbonyl (C=O) groups excluding carboxylic acids is 2. The fraction of sp³-hybridized carbons (Fsp3) is 0.278. The largest absolute Gasteiger partial charge is 0.350 e. The maximum atomic E-state index is 12.3. The Morgan fingerprint density at radius 1 is 1.13 bits per heavy atom. The highest BCUT2D eigenvalue weighted by molar-refractivity contribution is 5.86. The van der Waals surface area contributed by atoms with Crippen LogP contribution in [0.25, 0.3) is 0 Å². The first kappa shape index (κ1) is 16.7. The van der Waals surface area contributed by atoms with E-state index in [1.54, 1.807) is 24.2 Å². The molecule has 2 amide bonds. The Morgan fingerprint density at radius 3 is 2.43 bits per heavy atom.